The van der Waals surface area contributed by atoms with Crippen molar-refractivity contribution in [3.63, 3.8) is 0 Å². The van der Waals surface area contributed by atoms with Crippen LogP contribution >= 0.6 is 11.3 Å². The van der Waals surface area contributed by atoms with Crippen LogP contribution in [-0.4, -0.2) is 17.4 Å². The van der Waals surface area contributed by atoms with Gasteiger partial charge in [0.25, 0.3) is 0 Å². The largest absolute Gasteiger partial charge is 0.247 e. The van der Waals surface area contributed by atoms with Crippen LogP contribution in [0, 0.1) is 11.7 Å². The van der Waals surface area contributed by atoms with E-state index in [0.717, 1.165) is 4.88 Å². The van der Waals surface area contributed by atoms with Crippen molar-refractivity contribution in [2.24, 2.45) is 0 Å². The third-order valence-corrected chi connectivity index (χ3v) is 12.3. The summed E-state index contributed by atoms with van der Waals surface area (Å²) in [6, 6.07) is 0. The first-order valence-corrected chi connectivity index (χ1v) is 10.8. The normalized spacial score (nSPS) is 16.8. The zero-order valence-corrected chi connectivity index (χ0v) is 13.9. The summed E-state index contributed by atoms with van der Waals surface area (Å²) in [7, 11) is -4.92. The molecule has 0 saturated heterocycles. The standard InChI is InChI=1S/C10H21N3OS2Si/c1-8-7-12-9(15-8)16(11,14)13-17(5,6)10(2,3)4/h7H,1-6H3,(H2,11,13,14). The van der Waals surface area contributed by atoms with E-state index in [2.05, 4.69) is 43.2 Å². The Morgan fingerprint density at radius 2 is 2.00 bits per heavy atom. The van der Waals surface area contributed by atoms with Gasteiger partial charge in [0.05, 0.1) is 0 Å². The molecule has 4 nitrogen and oxygen atoms in total. The molecule has 0 fully saturated rings. The maximum atomic E-state index is 12.4. The fourth-order valence-electron chi connectivity index (χ4n) is 1.02. The molecule has 1 aromatic heterocycles. The minimum absolute atomic E-state index is 0.0447. The van der Waals surface area contributed by atoms with Gasteiger partial charge in [-0.25, -0.2) is 18.4 Å². The Hall–Kier alpha value is -0.243. The Labute approximate surface area is 109 Å². The lowest BCUT2D eigenvalue weighted by atomic mass is 10.2. The minimum Gasteiger partial charge on any atom is -0.247 e. The second kappa shape index (κ2) is 4.45. The van der Waals surface area contributed by atoms with E-state index in [9.17, 15) is 4.21 Å². The maximum absolute atomic E-state index is 12.4. The van der Waals surface area contributed by atoms with Crippen molar-refractivity contribution >= 4 is 29.5 Å². The molecule has 1 atom stereocenters. The molecule has 2 N–H and O–H groups in total. The molecule has 98 valence electrons. The van der Waals surface area contributed by atoms with E-state index in [4.69, 9.17) is 4.78 Å². The lowest BCUT2D eigenvalue weighted by Crippen LogP contribution is -2.54. The molecule has 0 amide bonds. The summed E-state index contributed by atoms with van der Waals surface area (Å²) in [6.07, 6.45) is 1.67. The van der Waals surface area contributed by atoms with Crippen molar-refractivity contribution in [3.05, 3.63) is 11.1 Å². The van der Waals surface area contributed by atoms with E-state index >= 15 is 0 Å². The summed E-state index contributed by atoms with van der Waals surface area (Å²) in [5.74, 6) is 0. The van der Waals surface area contributed by atoms with Gasteiger partial charge in [-0.15, -0.1) is 11.3 Å². The predicted octanol–water partition coefficient (Wildman–Crippen LogP) is 3.37. The highest BCUT2D eigenvalue weighted by atomic mass is 32.2. The molecule has 0 aliphatic carbocycles. The van der Waals surface area contributed by atoms with Gasteiger partial charge in [-0.05, 0) is 12.0 Å². The summed E-state index contributed by atoms with van der Waals surface area (Å²) in [4.78, 5) is 5.05. The Morgan fingerprint density at radius 3 is 2.35 bits per heavy atom. The van der Waals surface area contributed by atoms with Crippen LogP contribution in [0.3, 0.4) is 0 Å². The molecule has 0 radical (unpaired) electrons. The van der Waals surface area contributed by atoms with E-state index < -0.39 is 18.2 Å². The van der Waals surface area contributed by atoms with Gasteiger partial charge in [-0.1, -0.05) is 33.9 Å². The molecule has 1 aromatic rings. The third kappa shape index (κ3) is 3.37. The Bertz CT molecular complexity index is 500. The van der Waals surface area contributed by atoms with Crippen LogP contribution in [0.5, 0.6) is 0 Å². The number of hydrogen-bond donors (Lipinski definition) is 2. The van der Waals surface area contributed by atoms with Crippen LogP contribution in [0.15, 0.2) is 10.5 Å². The molecular weight excluding hydrogens is 270 g/mol. The summed E-state index contributed by atoms with van der Waals surface area (Å²) >= 11 is 1.33. The number of nitrogens with zero attached hydrogens (tertiary/aromatic N) is 1. The van der Waals surface area contributed by atoms with Crippen molar-refractivity contribution in [1.29, 1.82) is 4.78 Å². The summed E-state index contributed by atoms with van der Waals surface area (Å²) in [5.41, 5.74) is 0. The van der Waals surface area contributed by atoms with Crippen LogP contribution in [0.2, 0.25) is 18.1 Å². The van der Waals surface area contributed by atoms with E-state index in [-0.39, 0.29) is 5.04 Å². The quantitative estimate of drug-likeness (QED) is 0.839. The van der Waals surface area contributed by atoms with Gasteiger partial charge >= 0.3 is 0 Å². The highest BCUT2D eigenvalue weighted by Gasteiger charge is 2.38. The summed E-state index contributed by atoms with van der Waals surface area (Å²) in [6.45, 7) is 12.5. The number of aromatic nitrogens is 1. The van der Waals surface area contributed by atoms with Crippen molar-refractivity contribution in [2.75, 3.05) is 0 Å². The molecule has 17 heavy (non-hydrogen) atoms. The Balaban J connectivity index is 3.03. The van der Waals surface area contributed by atoms with E-state index in [1.807, 2.05) is 6.92 Å². The highest BCUT2D eigenvalue weighted by Crippen LogP contribution is 2.35. The second-order valence-electron chi connectivity index (χ2n) is 5.77. The zero-order valence-electron chi connectivity index (χ0n) is 11.2. The van der Waals surface area contributed by atoms with Gasteiger partial charge in [-0.3, -0.25) is 0 Å². The number of nitrogens with one attached hydrogen (secondary N) is 2. The second-order valence-corrected chi connectivity index (χ2v) is 14.3. The van der Waals surface area contributed by atoms with E-state index in [1.165, 1.54) is 11.3 Å². The van der Waals surface area contributed by atoms with Crippen molar-refractivity contribution in [1.82, 2.24) is 9.37 Å². The zero-order chi connectivity index (χ0) is 13.5. The first-order chi connectivity index (χ1) is 7.46. The molecule has 1 heterocycles. The molecule has 0 bridgehead atoms. The Kier molecular flexibility index (Phi) is 3.88. The molecule has 0 spiro atoms. The van der Waals surface area contributed by atoms with Gasteiger partial charge in [0.1, 0.15) is 8.24 Å². The van der Waals surface area contributed by atoms with Gasteiger partial charge in [0.2, 0.25) is 4.34 Å². The van der Waals surface area contributed by atoms with Crippen molar-refractivity contribution < 1.29 is 4.21 Å². The lowest BCUT2D eigenvalue weighted by Gasteiger charge is -2.37. The van der Waals surface area contributed by atoms with Crippen molar-refractivity contribution in [2.45, 2.75) is 50.2 Å². The van der Waals surface area contributed by atoms with Crippen LogP contribution in [0.4, 0.5) is 0 Å². The molecule has 0 saturated carbocycles. The van der Waals surface area contributed by atoms with Gasteiger partial charge in [0.15, 0.2) is 9.92 Å². The topological polar surface area (TPSA) is 65.8 Å². The molecule has 1 unspecified atom stereocenters. The first-order valence-electron chi connectivity index (χ1n) is 5.46. The number of rotatable bonds is 3. The average molecular weight is 292 g/mol. The monoisotopic (exact) mass is 291 g/mol. The molecule has 1 rings (SSSR count). The minimum atomic E-state index is -2.96. The fourth-order valence-corrected chi connectivity index (χ4v) is 7.40. The number of thiazole rings is 1. The van der Waals surface area contributed by atoms with Crippen molar-refractivity contribution in [3.8, 4) is 0 Å². The fraction of sp³-hybridized carbons (Fsp3) is 0.700. The van der Waals surface area contributed by atoms with Gasteiger partial charge in [0, 0.05) is 11.1 Å². The average Bonchev–Trinajstić information content (AvgIpc) is 2.48. The van der Waals surface area contributed by atoms with E-state index in [1.54, 1.807) is 6.20 Å². The third-order valence-electron chi connectivity index (χ3n) is 3.12. The lowest BCUT2D eigenvalue weighted by molar-refractivity contribution is 0.664. The van der Waals surface area contributed by atoms with Crippen LogP contribution in [0.1, 0.15) is 25.6 Å². The van der Waals surface area contributed by atoms with E-state index in [0.29, 0.717) is 4.34 Å². The molecule has 0 aromatic carbocycles. The van der Waals surface area contributed by atoms with Crippen LogP contribution in [0.25, 0.3) is 0 Å². The van der Waals surface area contributed by atoms with Crippen LogP contribution < -0.4 is 4.39 Å². The number of aryl methyl sites for hydroxylation is 1. The predicted molar refractivity (Wildman–Crippen MR) is 76.3 cm³/mol. The van der Waals surface area contributed by atoms with Gasteiger partial charge in [-0.2, -0.15) is 0 Å². The first kappa shape index (κ1) is 14.8. The smallest absolute Gasteiger partial charge is 0.203 e. The SMILES string of the molecule is Cc1cnc(S(=N)(=O)N[Si](C)(C)C(C)(C)C)s1. The molecule has 0 aliphatic heterocycles. The van der Waals surface area contributed by atoms with Crippen LogP contribution in [-0.2, 0) is 9.92 Å². The molecule has 0 aliphatic rings. The summed E-state index contributed by atoms with van der Waals surface area (Å²) < 4.78 is 23.9. The Morgan fingerprint density at radius 1 is 1.47 bits per heavy atom. The summed E-state index contributed by atoms with van der Waals surface area (Å²) in [5, 5.41) is 0.0447. The maximum Gasteiger partial charge on any atom is 0.203 e. The highest BCUT2D eigenvalue weighted by molar-refractivity contribution is 7.93. The molecular formula is C10H21N3OS2Si. The van der Waals surface area contributed by atoms with Gasteiger partial charge < -0.3 is 0 Å². The number of hydrogen-bond acceptors (Lipinski definition) is 4. The molecule has 7 heteroatoms.